The van der Waals surface area contributed by atoms with Crippen molar-refractivity contribution in [3.63, 3.8) is 0 Å². The first-order chi connectivity index (χ1) is 12.1. The molecule has 0 spiro atoms. The molecule has 128 valence electrons. The van der Waals surface area contributed by atoms with Gasteiger partial charge in [-0.15, -0.1) is 0 Å². The monoisotopic (exact) mass is 353 g/mol. The third-order valence-corrected chi connectivity index (χ3v) is 4.63. The standard InChI is InChI=1S/C20H20ClN3O/c1-14-8-9-17(12-18(14)21)24-11-10-22-19(20(24)25)23-13-15(2)16-6-4-3-5-7-16/h3-12,15H,13H2,1-2H3,(H,22,23). The quantitative estimate of drug-likeness (QED) is 0.739. The molecule has 0 aliphatic carbocycles. The van der Waals surface area contributed by atoms with Crippen molar-refractivity contribution in [2.45, 2.75) is 19.8 Å². The van der Waals surface area contributed by atoms with Gasteiger partial charge in [0.1, 0.15) is 0 Å². The molecule has 4 nitrogen and oxygen atoms in total. The van der Waals surface area contributed by atoms with Crippen molar-refractivity contribution >= 4 is 17.4 Å². The van der Waals surface area contributed by atoms with Crippen LogP contribution in [0.2, 0.25) is 5.02 Å². The molecule has 1 unspecified atom stereocenters. The predicted octanol–water partition coefficient (Wildman–Crippen LogP) is 4.41. The van der Waals surface area contributed by atoms with Crippen LogP contribution in [0.25, 0.3) is 5.69 Å². The molecule has 3 rings (SSSR count). The zero-order valence-corrected chi connectivity index (χ0v) is 15.0. The van der Waals surface area contributed by atoms with E-state index >= 15 is 0 Å². The highest BCUT2D eigenvalue weighted by Crippen LogP contribution is 2.19. The Morgan fingerprint density at radius 2 is 1.96 bits per heavy atom. The number of aromatic nitrogens is 2. The summed E-state index contributed by atoms with van der Waals surface area (Å²) >= 11 is 6.18. The Balaban J connectivity index is 1.82. The summed E-state index contributed by atoms with van der Waals surface area (Å²) in [5, 5.41) is 3.80. The topological polar surface area (TPSA) is 46.9 Å². The van der Waals surface area contributed by atoms with Crippen molar-refractivity contribution in [2.24, 2.45) is 0 Å². The van der Waals surface area contributed by atoms with E-state index in [0.29, 0.717) is 17.4 Å². The molecule has 0 radical (unpaired) electrons. The summed E-state index contributed by atoms with van der Waals surface area (Å²) in [4.78, 5) is 16.9. The van der Waals surface area contributed by atoms with Crippen LogP contribution in [0.4, 0.5) is 5.82 Å². The molecule has 0 aliphatic heterocycles. The Morgan fingerprint density at radius 1 is 1.20 bits per heavy atom. The Kier molecular flexibility index (Phi) is 5.19. The van der Waals surface area contributed by atoms with Crippen LogP contribution in [-0.2, 0) is 0 Å². The fourth-order valence-corrected chi connectivity index (χ4v) is 2.79. The maximum atomic E-state index is 12.7. The second-order valence-corrected chi connectivity index (χ2v) is 6.48. The lowest BCUT2D eigenvalue weighted by Crippen LogP contribution is -2.24. The minimum Gasteiger partial charge on any atom is -0.365 e. The Morgan fingerprint density at radius 3 is 2.68 bits per heavy atom. The van der Waals surface area contributed by atoms with Gasteiger partial charge in [0.15, 0.2) is 5.82 Å². The molecule has 1 aromatic heterocycles. The number of nitrogens with zero attached hydrogens (tertiary/aromatic N) is 2. The summed E-state index contributed by atoms with van der Waals surface area (Å²) < 4.78 is 1.55. The number of benzene rings is 2. The zero-order chi connectivity index (χ0) is 17.8. The third-order valence-electron chi connectivity index (χ3n) is 4.22. The number of hydrogen-bond donors (Lipinski definition) is 1. The van der Waals surface area contributed by atoms with Crippen LogP contribution < -0.4 is 10.9 Å². The summed E-state index contributed by atoms with van der Waals surface area (Å²) in [5.74, 6) is 0.604. The first kappa shape index (κ1) is 17.2. The number of halogens is 1. The molecule has 0 amide bonds. The number of hydrogen-bond acceptors (Lipinski definition) is 3. The van der Waals surface area contributed by atoms with Gasteiger partial charge in [-0.1, -0.05) is 54.9 Å². The highest BCUT2D eigenvalue weighted by atomic mass is 35.5. The molecule has 3 aromatic rings. The first-order valence-electron chi connectivity index (χ1n) is 8.19. The van der Waals surface area contributed by atoms with Crippen LogP contribution in [-0.4, -0.2) is 16.1 Å². The van der Waals surface area contributed by atoms with Gasteiger partial charge < -0.3 is 5.32 Å². The number of nitrogens with one attached hydrogen (secondary N) is 1. The Labute approximate surface area is 152 Å². The van der Waals surface area contributed by atoms with Crippen molar-refractivity contribution in [1.29, 1.82) is 0 Å². The summed E-state index contributed by atoms with van der Waals surface area (Å²) in [6.45, 7) is 4.67. The Hall–Kier alpha value is -2.59. The van der Waals surface area contributed by atoms with Crippen LogP contribution in [0.3, 0.4) is 0 Å². The minimum absolute atomic E-state index is 0.192. The van der Waals surface area contributed by atoms with Gasteiger partial charge in [0.25, 0.3) is 5.56 Å². The lowest BCUT2D eigenvalue weighted by molar-refractivity contribution is 0.796. The van der Waals surface area contributed by atoms with E-state index in [0.717, 1.165) is 11.3 Å². The fraction of sp³-hybridized carbons (Fsp3) is 0.200. The smallest absolute Gasteiger partial charge is 0.297 e. The summed E-state index contributed by atoms with van der Waals surface area (Å²) in [5.41, 5.74) is 2.73. The maximum absolute atomic E-state index is 12.7. The van der Waals surface area contributed by atoms with E-state index in [4.69, 9.17) is 11.6 Å². The van der Waals surface area contributed by atoms with E-state index in [1.165, 1.54) is 5.56 Å². The molecule has 2 aromatic carbocycles. The van der Waals surface area contributed by atoms with E-state index in [9.17, 15) is 4.79 Å². The number of anilines is 1. The van der Waals surface area contributed by atoms with E-state index in [2.05, 4.69) is 29.4 Å². The zero-order valence-electron chi connectivity index (χ0n) is 14.2. The highest BCUT2D eigenvalue weighted by molar-refractivity contribution is 6.31. The molecule has 0 aliphatic rings. The van der Waals surface area contributed by atoms with E-state index < -0.39 is 0 Å². The van der Waals surface area contributed by atoms with E-state index in [1.807, 2.05) is 37.3 Å². The van der Waals surface area contributed by atoms with Crippen molar-refractivity contribution in [3.05, 3.63) is 87.4 Å². The molecular weight excluding hydrogens is 334 g/mol. The SMILES string of the molecule is Cc1ccc(-n2ccnc(NCC(C)c3ccccc3)c2=O)cc1Cl. The lowest BCUT2D eigenvalue weighted by Gasteiger charge is -2.14. The van der Waals surface area contributed by atoms with Gasteiger partial charge in [0, 0.05) is 24.0 Å². The van der Waals surface area contributed by atoms with Crippen LogP contribution in [0.15, 0.2) is 65.7 Å². The Bertz CT molecular complexity index is 922. The number of rotatable bonds is 5. The van der Waals surface area contributed by atoms with Gasteiger partial charge >= 0.3 is 0 Å². The summed E-state index contributed by atoms with van der Waals surface area (Å²) in [6, 6.07) is 15.7. The molecule has 0 bridgehead atoms. The fourth-order valence-electron chi connectivity index (χ4n) is 2.62. The largest absolute Gasteiger partial charge is 0.365 e. The van der Waals surface area contributed by atoms with Crippen LogP contribution in [0.1, 0.15) is 24.0 Å². The molecule has 1 heterocycles. The highest BCUT2D eigenvalue weighted by Gasteiger charge is 2.10. The minimum atomic E-state index is -0.192. The first-order valence-corrected chi connectivity index (χ1v) is 8.57. The molecule has 0 fully saturated rings. The van der Waals surface area contributed by atoms with Crippen LogP contribution in [0.5, 0.6) is 0 Å². The van der Waals surface area contributed by atoms with Gasteiger partial charge in [-0.25, -0.2) is 4.98 Å². The molecule has 1 atom stereocenters. The van der Waals surface area contributed by atoms with Crippen LogP contribution in [0, 0.1) is 6.92 Å². The van der Waals surface area contributed by atoms with Crippen molar-refractivity contribution in [2.75, 3.05) is 11.9 Å². The summed E-state index contributed by atoms with van der Waals surface area (Å²) in [6.07, 6.45) is 3.26. The molecular formula is C20H20ClN3O. The average Bonchev–Trinajstić information content (AvgIpc) is 2.64. The maximum Gasteiger partial charge on any atom is 0.297 e. The number of aryl methyl sites for hydroxylation is 1. The molecule has 25 heavy (non-hydrogen) atoms. The second-order valence-electron chi connectivity index (χ2n) is 6.08. The van der Waals surface area contributed by atoms with E-state index in [1.54, 1.807) is 23.0 Å². The van der Waals surface area contributed by atoms with E-state index in [-0.39, 0.29) is 11.5 Å². The average molecular weight is 354 g/mol. The van der Waals surface area contributed by atoms with Crippen molar-refractivity contribution in [3.8, 4) is 5.69 Å². The van der Waals surface area contributed by atoms with Gasteiger partial charge in [0.2, 0.25) is 0 Å². The predicted molar refractivity (Wildman–Crippen MR) is 103 cm³/mol. The van der Waals surface area contributed by atoms with Gasteiger partial charge in [-0.2, -0.15) is 0 Å². The van der Waals surface area contributed by atoms with Crippen molar-refractivity contribution < 1.29 is 0 Å². The molecule has 0 saturated heterocycles. The van der Waals surface area contributed by atoms with Gasteiger partial charge in [-0.3, -0.25) is 9.36 Å². The normalized spacial score (nSPS) is 12.0. The molecule has 0 saturated carbocycles. The van der Waals surface area contributed by atoms with Gasteiger partial charge in [0.05, 0.1) is 5.69 Å². The van der Waals surface area contributed by atoms with Gasteiger partial charge in [-0.05, 0) is 36.1 Å². The molecule has 1 N–H and O–H groups in total. The third kappa shape index (κ3) is 3.91. The second kappa shape index (κ2) is 7.53. The van der Waals surface area contributed by atoms with Crippen LogP contribution >= 0.6 is 11.6 Å². The van der Waals surface area contributed by atoms with Crippen molar-refractivity contribution in [1.82, 2.24) is 9.55 Å². The summed E-state index contributed by atoms with van der Waals surface area (Å²) in [7, 11) is 0. The lowest BCUT2D eigenvalue weighted by atomic mass is 10.0. The molecule has 5 heteroatoms.